The van der Waals surface area contributed by atoms with E-state index in [9.17, 15) is 20.1 Å². The number of rotatable bonds is 8. The second-order valence-corrected chi connectivity index (χ2v) is 25.3. The number of carbonyl (C=O) groups excluding carboxylic acids is 2. The van der Waals surface area contributed by atoms with E-state index < -0.39 is 51.5 Å². The van der Waals surface area contributed by atoms with Crippen LogP contribution >= 0.6 is 21.6 Å². The number of benzene rings is 2. The van der Waals surface area contributed by atoms with Crippen LogP contribution in [0.3, 0.4) is 0 Å². The van der Waals surface area contributed by atoms with Crippen molar-refractivity contribution in [2.24, 2.45) is 57.2 Å². The summed E-state index contributed by atoms with van der Waals surface area (Å²) in [7, 11) is 3.87. The van der Waals surface area contributed by atoms with Gasteiger partial charge >= 0.3 is 11.9 Å². The van der Waals surface area contributed by atoms with Crippen LogP contribution in [0.25, 0.3) is 0 Å². The predicted molar refractivity (Wildman–Crippen MR) is 265 cm³/mol. The molecule has 0 unspecified atom stereocenters. The van der Waals surface area contributed by atoms with Gasteiger partial charge < -0.3 is 24.8 Å². The first kappa shape index (κ1) is 48.3. The molecule has 0 amide bonds. The average Bonchev–Trinajstić information content (AvgIpc) is 3.75. The van der Waals surface area contributed by atoms with Crippen LogP contribution < -0.4 is 0 Å². The molecule has 1 saturated heterocycles. The number of hydrogen-bond acceptors (Lipinski definition) is 9. The molecule has 3 heterocycles. The minimum absolute atomic E-state index is 0.0551. The van der Waals surface area contributed by atoms with E-state index in [0.717, 1.165) is 87.7 Å². The standard InChI is InChI=1S/C57H76O7S2/c1-39-20-23-48(58)57-49(59)25-28-54(3,45-18-11-6-12-19-45)51(57)47-35-53(2,56(57,62)29-24-43-33-50(60)63-36-43)26-13-27-55(52(61)64-47)34-42(31-40-14-7-4-8-15-40)21-22-46(55)38-66-65-37-44(30-39)32-41-16-9-5-10-17-41/h4-5,7-10,14-17,33,39,42,44-49,51,58-59,62H,6,11-12,18-25,27-32,34-38H2,1-3H3/t39-,42+,44-,46-,47-,48-,49+,51+,53+,54+,55-,56-,57+/m1/s1. The van der Waals surface area contributed by atoms with E-state index in [1.807, 2.05) is 28.5 Å². The second kappa shape index (κ2) is 19.9. The minimum Gasteiger partial charge on any atom is -0.462 e. The van der Waals surface area contributed by atoms with Crippen molar-refractivity contribution in [3.8, 4) is 11.8 Å². The lowest BCUT2D eigenvalue weighted by molar-refractivity contribution is -0.339. The van der Waals surface area contributed by atoms with Gasteiger partial charge in [-0.15, -0.1) is 5.92 Å². The van der Waals surface area contributed by atoms with E-state index in [4.69, 9.17) is 9.47 Å². The highest BCUT2D eigenvalue weighted by Gasteiger charge is 2.78. The van der Waals surface area contributed by atoms with Crippen molar-refractivity contribution in [2.75, 3.05) is 18.1 Å². The zero-order chi connectivity index (χ0) is 46.2. The Morgan fingerprint density at radius 3 is 2.15 bits per heavy atom. The van der Waals surface area contributed by atoms with Gasteiger partial charge in [0, 0.05) is 36.3 Å². The molecule has 4 bridgehead atoms. The molecule has 0 aromatic heterocycles. The largest absolute Gasteiger partial charge is 0.462 e. The Bertz CT molecular complexity index is 2110. The third-order valence-electron chi connectivity index (χ3n) is 18.8. The zero-order valence-electron chi connectivity index (χ0n) is 39.9. The van der Waals surface area contributed by atoms with Crippen LogP contribution in [0.15, 0.2) is 72.3 Å². The van der Waals surface area contributed by atoms with Crippen LogP contribution in [0.2, 0.25) is 0 Å². The van der Waals surface area contributed by atoms with Gasteiger partial charge in [-0.3, -0.25) is 4.79 Å². The number of cyclic esters (lactones) is 1. The van der Waals surface area contributed by atoms with Crippen molar-refractivity contribution in [3.63, 3.8) is 0 Å². The number of carbonyl (C=O) groups is 2. The Labute approximate surface area is 403 Å². The summed E-state index contributed by atoms with van der Waals surface area (Å²) in [5, 5.41) is 41.2. The summed E-state index contributed by atoms with van der Waals surface area (Å²) in [5.41, 5.74) is -2.21. The van der Waals surface area contributed by atoms with Crippen LogP contribution in [-0.4, -0.2) is 69.3 Å². The Hall–Kier alpha value is -2.74. The van der Waals surface area contributed by atoms with Crippen LogP contribution in [0, 0.1) is 69.0 Å². The van der Waals surface area contributed by atoms with E-state index >= 15 is 4.79 Å². The maximum Gasteiger partial charge on any atom is 0.331 e. The summed E-state index contributed by atoms with van der Waals surface area (Å²) in [6, 6.07) is 21.5. The van der Waals surface area contributed by atoms with E-state index in [0.29, 0.717) is 44.4 Å². The van der Waals surface area contributed by atoms with Gasteiger partial charge in [0.05, 0.1) is 34.1 Å². The van der Waals surface area contributed by atoms with Gasteiger partial charge in [-0.1, -0.05) is 121 Å². The van der Waals surface area contributed by atoms with Crippen molar-refractivity contribution in [2.45, 2.75) is 167 Å². The Morgan fingerprint density at radius 1 is 0.773 bits per heavy atom. The summed E-state index contributed by atoms with van der Waals surface area (Å²) >= 11 is 0. The highest BCUT2D eigenvalue weighted by molar-refractivity contribution is 8.76. The molecule has 66 heavy (non-hydrogen) atoms. The summed E-state index contributed by atoms with van der Waals surface area (Å²) in [4.78, 5) is 28.4. The number of aliphatic hydroxyl groups is 3. The van der Waals surface area contributed by atoms with E-state index in [1.54, 1.807) is 6.08 Å². The first-order chi connectivity index (χ1) is 31.8. The van der Waals surface area contributed by atoms with Crippen LogP contribution in [0.1, 0.15) is 141 Å². The molecule has 7 nitrogen and oxygen atoms in total. The normalized spacial score (nSPS) is 41.2. The molecule has 2 aromatic carbocycles. The molecule has 1 spiro atoms. The molecule has 2 aromatic rings. The van der Waals surface area contributed by atoms with Crippen LogP contribution in [-0.2, 0) is 31.9 Å². The van der Waals surface area contributed by atoms with Gasteiger partial charge in [0.15, 0.2) is 0 Å². The van der Waals surface area contributed by atoms with Gasteiger partial charge in [0.2, 0.25) is 0 Å². The van der Waals surface area contributed by atoms with Gasteiger partial charge in [0.1, 0.15) is 12.7 Å². The molecule has 358 valence electrons. The highest BCUT2D eigenvalue weighted by atomic mass is 33.1. The van der Waals surface area contributed by atoms with Gasteiger partial charge in [0.25, 0.3) is 0 Å². The Kier molecular flexibility index (Phi) is 14.6. The van der Waals surface area contributed by atoms with Crippen molar-refractivity contribution >= 4 is 33.5 Å². The van der Waals surface area contributed by atoms with E-state index in [-0.39, 0.29) is 48.6 Å². The molecular weight excluding hydrogens is 861 g/mol. The maximum atomic E-state index is 16.0. The lowest BCUT2D eigenvalue weighted by Crippen LogP contribution is -2.79. The molecule has 3 aliphatic heterocycles. The number of esters is 2. The summed E-state index contributed by atoms with van der Waals surface area (Å²) in [6.45, 7) is 6.88. The summed E-state index contributed by atoms with van der Waals surface area (Å²) in [6.07, 6.45) is 13.3. The Balaban J connectivity index is 1.21. The molecule has 5 fully saturated rings. The minimum atomic E-state index is -1.71. The number of ether oxygens (including phenoxy) is 2. The van der Waals surface area contributed by atoms with Gasteiger partial charge in [-0.25, -0.2) is 4.79 Å². The fourth-order valence-electron chi connectivity index (χ4n) is 15.5. The number of fused-ring (bicyclic) bond motifs is 2. The fourth-order valence-corrected chi connectivity index (χ4v) is 18.4. The third kappa shape index (κ3) is 8.99. The third-order valence-corrected chi connectivity index (χ3v) is 21.4. The number of aliphatic hydroxyl groups excluding tert-OH is 2. The first-order valence-corrected chi connectivity index (χ1v) is 28.3. The highest BCUT2D eigenvalue weighted by Crippen LogP contribution is 2.72. The maximum absolute atomic E-state index is 16.0. The monoisotopic (exact) mass is 937 g/mol. The van der Waals surface area contributed by atoms with Crippen molar-refractivity contribution in [1.82, 2.24) is 0 Å². The molecule has 9 heteroatoms. The van der Waals surface area contributed by atoms with Gasteiger partial charge in [-0.2, -0.15) is 0 Å². The SMILES string of the molecule is C[C@@H]1CC[C@@H](O)[C@]23[C@@H]([C@H]4C[C@](C)(C#CC[C@]5(C[C@H](Cc6ccccc6)CC[C@@H]5CSSC[C@@H](Cc5ccccc5)C1)C(=O)O4)[C@]2(O)CCC1=CC(=O)OC1)[C@](C)(C1CCCCC1)CC[C@@H]3O. The van der Waals surface area contributed by atoms with E-state index in [2.05, 4.69) is 86.4 Å². The molecule has 4 saturated carbocycles. The lowest BCUT2D eigenvalue weighted by atomic mass is 9.35. The molecule has 3 N–H and O–H groups in total. The van der Waals surface area contributed by atoms with E-state index in [1.165, 1.54) is 17.5 Å². The number of hydrogen-bond donors (Lipinski definition) is 3. The molecule has 0 radical (unpaired) electrons. The Morgan fingerprint density at radius 2 is 1.45 bits per heavy atom. The van der Waals surface area contributed by atoms with Crippen LogP contribution in [0.4, 0.5) is 0 Å². The lowest BCUT2D eigenvalue weighted by Gasteiger charge is -2.72. The second-order valence-electron chi connectivity index (χ2n) is 22.8. The topological polar surface area (TPSA) is 113 Å². The van der Waals surface area contributed by atoms with Crippen molar-refractivity contribution in [1.29, 1.82) is 0 Å². The smallest absolute Gasteiger partial charge is 0.331 e. The summed E-state index contributed by atoms with van der Waals surface area (Å²) < 4.78 is 12.8. The average molecular weight is 937 g/mol. The molecule has 13 atom stereocenters. The fraction of sp³-hybridized carbons (Fsp3) is 0.684. The molecule has 9 rings (SSSR count). The van der Waals surface area contributed by atoms with Crippen molar-refractivity contribution < 1.29 is 34.4 Å². The van der Waals surface area contributed by atoms with Gasteiger partial charge in [-0.05, 0) is 149 Å². The molecule has 7 aliphatic rings. The van der Waals surface area contributed by atoms with Crippen LogP contribution in [0.5, 0.6) is 0 Å². The zero-order valence-corrected chi connectivity index (χ0v) is 41.5. The first-order valence-electron chi connectivity index (χ1n) is 25.8. The molecular formula is C57H76O7S2. The summed E-state index contributed by atoms with van der Waals surface area (Å²) in [5.74, 6) is 9.50. The quantitative estimate of drug-likeness (QED) is 0.135. The predicted octanol–water partition coefficient (Wildman–Crippen LogP) is 11.1. The van der Waals surface area contributed by atoms with Crippen molar-refractivity contribution in [3.05, 3.63) is 83.4 Å². The molecule has 4 aliphatic carbocycles.